The lowest BCUT2D eigenvalue weighted by Gasteiger charge is -2.11. The summed E-state index contributed by atoms with van der Waals surface area (Å²) >= 11 is 1.30. The van der Waals surface area contributed by atoms with Gasteiger partial charge in [-0.1, -0.05) is 86.1 Å². The van der Waals surface area contributed by atoms with Crippen molar-refractivity contribution in [2.24, 2.45) is 0 Å². The molecule has 0 saturated carbocycles. The molecule has 1 aliphatic carbocycles. The highest BCUT2D eigenvalue weighted by molar-refractivity contribution is 7.94. The zero-order chi connectivity index (χ0) is 22.9. The van der Waals surface area contributed by atoms with Gasteiger partial charge in [-0.25, -0.2) is 0 Å². The number of hydrogen-bond donors (Lipinski definition) is 0. The summed E-state index contributed by atoms with van der Waals surface area (Å²) in [6, 6.07) is 26.6. The van der Waals surface area contributed by atoms with Crippen LogP contribution in [0, 0.1) is 13.8 Å². The van der Waals surface area contributed by atoms with E-state index in [2.05, 4.69) is 64.1 Å². The molecule has 1 atom stereocenters. The quantitative estimate of drug-likeness (QED) is 0.299. The third-order valence-electron chi connectivity index (χ3n) is 5.21. The number of aryl methyl sites for hydroxylation is 2. The van der Waals surface area contributed by atoms with Crippen molar-refractivity contribution in [3.05, 3.63) is 119 Å². The van der Waals surface area contributed by atoms with E-state index in [0.717, 1.165) is 16.0 Å². The second kappa shape index (κ2) is 11.7. The molecule has 0 bridgehead atoms. The minimum absolute atomic E-state index is 0.0173. The van der Waals surface area contributed by atoms with Crippen LogP contribution in [-0.2, 0) is 8.98 Å². The summed E-state index contributed by atoms with van der Waals surface area (Å²) < 4.78 is 5.85. The van der Waals surface area contributed by atoms with Crippen molar-refractivity contribution in [3.63, 3.8) is 0 Å². The maximum atomic E-state index is 12.1. The molecule has 3 heteroatoms. The number of benzene rings is 3. The maximum Gasteiger partial charge on any atom is 0.184 e. The molecule has 0 N–H and O–H groups in total. The second-order valence-electron chi connectivity index (χ2n) is 8.16. The van der Waals surface area contributed by atoms with Gasteiger partial charge in [-0.3, -0.25) is 8.98 Å². The van der Waals surface area contributed by atoms with Gasteiger partial charge >= 0.3 is 0 Å². The normalized spacial score (nSPS) is 16.3. The number of ketones is 1. The SMILES string of the molecule is CC(C)c1ccccc1.Cc1ccc(/C=C2\C(=O)C=CC2OSc2ccccc2)c(C)c1. The number of allylic oxidation sites excluding steroid dienone is 1. The Hall–Kier alpha value is -2.88. The van der Waals surface area contributed by atoms with Crippen molar-refractivity contribution in [2.45, 2.75) is 44.6 Å². The molecule has 0 aromatic heterocycles. The first-order chi connectivity index (χ1) is 15.4. The van der Waals surface area contributed by atoms with Gasteiger partial charge in [0.05, 0.1) is 0 Å². The minimum atomic E-state index is -0.312. The van der Waals surface area contributed by atoms with Crippen molar-refractivity contribution in [3.8, 4) is 0 Å². The van der Waals surface area contributed by atoms with Gasteiger partial charge in [-0.2, -0.15) is 0 Å². The Bertz CT molecular complexity index is 1080. The Balaban J connectivity index is 0.000000269. The van der Waals surface area contributed by atoms with E-state index in [1.165, 1.54) is 23.2 Å². The molecule has 0 fully saturated rings. The van der Waals surface area contributed by atoms with E-state index in [4.69, 9.17) is 4.18 Å². The van der Waals surface area contributed by atoms with Crippen LogP contribution in [0.5, 0.6) is 0 Å². The average Bonchev–Trinajstić information content (AvgIpc) is 3.15. The van der Waals surface area contributed by atoms with Crippen LogP contribution in [0.15, 0.2) is 101 Å². The predicted molar refractivity (Wildman–Crippen MR) is 136 cm³/mol. The van der Waals surface area contributed by atoms with Crippen LogP contribution in [0.1, 0.15) is 42.0 Å². The van der Waals surface area contributed by atoms with E-state index in [1.807, 2.05) is 54.6 Å². The fraction of sp³-hybridized carbons (Fsp3) is 0.207. The van der Waals surface area contributed by atoms with Crippen molar-refractivity contribution in [1.29, 1.82) is 0 Å². The van der Waals surface area contributed by atoms with Crippen LogP contribution in [0.2, 0.25) is 0 Å². The van der Waals surface area contributed by atoms with Gasteiger partial charge in [0.25, 0.3) is 0 Å². The van der Waals surface area contributed by atoms with E-state index in [-0.39, 0.29) is 11.9 Å². The van der Waals surface area contributed by atoms with E-state index < -0.39 is 0 Å². The van der Waals surface area contributed by atoms with E-state index in [9.17, 15) is 4.79 Å². The maximum absolute atomic E-state index is 12.1. The topological polar surface area (TPSA) is 26.3 Å². The van der Waals surface area contributed by atoms with Gasteiger partial charge in [0.2, 0.25) is 0 Å². The van der Waals surface area contributed by atoms with E-state index in [1.54, 1.807) is 6.08 Å². The lowest BCUT2D eigenvalue weighted by atomic mass is 10.0. The molecule has 3 aromatic rings. The molecule has 2 nitrogen and oxygen atoms in total. The Labute approximate surface area is 196 Å². The molecule has 164 valence electrons. The summed E-state index contributed by atoms with van der Waals surface area (Å²) in [5, 5.41) is 0. The van der Waals surface area contributed by atoms with Gasteiger partial charge in [-0.15, -0.1) is 0 Å². The highest BCUT2D eigenvalue weighted by atomic mass is 32.2. The van der Waals surface area contributed by atoms with Crippen molar-refractivity contribution < 1.29 is 8.98 Å². The minimum Gasteiger partial charge on any atom is -0.298 e. The predicted octanol–water partition coefficient (Wildman–Crippen LogP) is 7.73. The van der Waals surface area contributed by atoms with Crippen molar-refractivity contribution in [1.82, 2.24) is 0 Å². The summed E-state index contributed by atoms with van der Waals surface area (Å²) in [6.07, 6.45) is 5.03. The fourth-order valence-electron chi connectivity index (χ4n) is 3.33. The lowest BCUT2D eigenvalue weighted by molar-refractivity contribution is -0.111. The molecule has 1 aliphatic rings. The largest absolute Gasteiger partial charge is 0.298 e. The summed E-state index contributed by atoms with van der Waals surface area (Å²) in [7, 11) is 0. The Morgan fingerprint density at radius 2 is 1.56 bits per heavy atom. The van der Waals surface area contributed by atoms with Gasteiger partial charge in [0.15, 0.2) is 5.78 Å². The Morgan fingerprint density at radius 3 is 2.16 bits per heavy atom. The van der Waals surface area contributed by atoms with Crippen molar-refractivity contribution >= 4 is 23.9 Å². The van der Waals surface area contributed by atoms with E-state index >= 15 is 0 Å². The molecular weight excluding hydrogens is 412 g/mol. The molecule has 32 heavy (non-hydrogen) atoms. The zero-order valence-electron chi connectivity index (χ0n) is 19.1. The molecule has 1 unspecified atom stereocenters. The Kier molecular flexibility index (Phi) is 8.66. The highest BCUT2D eigenvalue weighted by Crippen LogP contribution is 2.29. The number of carbonyl (C=O) groups excluding carboxylic acids is 1. The molecule has 0 amide bonds. The first-order valence-corrected chi connectivity index (χ1v) is 11.6. The lowest BCUT2D eigenvalue weighted by Crippen LogP contribution is -2.09. The third-order valence-corrected chi connectivity index (χ3v) is 5.98. The molecule has 0 heterocycles. The first-order valence-electron chi connectivity index (χ1n) is 10.9. The van der Waals surface area contributed by atoms with Gasteiger partial charge in [0.1, 0.15) is 6.10 Å². The van der Waals surface area contributed by atoms with Gasteiger partial charge in [-0.05, 0) is 66.8 Å². The van der Waals surface area contributed by atoms with E-state index in [0.29, 0.717) is 11.5 Å². The average molecular weight is 443 g/mol. The summed E-state index contributed by atoms with van der Waals surface area (Å²) in [5.74, 6) is 0.676. The van der Waals surface area contributed by atoms with Gasteiger partial charge in [0, 0.05) is 22.5 Å². The number of carbonyl (C=O) groups is 1. The standard InChI is InChI=1S/C20H18O2S.C9H12/c1-14-8-9-16(15(2)12-14)13-18-19(21)10-11-20(18)22-23-17-6-4-3-5-7-17;1-8(2)9-6-4-3-5-7-9/h3-13,20H,1-2H3;3-8H,1-2H3/b18-13+;. The second-order valence-corrected chi connectivity index (χ2v) is 8.99. The first kappa shape index (κ1) is 23.8. The van der Waals surface area contributed by atoms with Crippen LogP contribution in [0.25, 0.3) is 6.08 Å². The molecule has 0 aliphatic heterocycles. The van der Waals surface area contributed by atoms with Crippen LogP contribution < -0.4 is 0 Å². The molecule has 3 aromatic carbocycles. The molecule has 4 rings (SSSR count). The monoisotopic (exact) mass is 442 g/mol. The van der Waals surface area contributed by atoms with Crippen LogP contribution in [0.3, 0.4) is 0 Å². The highest BCUT2D eigenvalue weighted by Gasteiger charge is 2.24. The number of rotatable bonds is 5. The van der Waals surface area contributed by atoms with Crippen LogP contribution in [-0.4, -0.2) is 11.9 Å². The molecule has 0 radical (unpaired) electrons. The number of hydrogen-bond acceptors (Lipinski definition) is 3. The molecular formula is C29H30O2S. The van der Waals surface area contributed by atoms with Crippen molar-refractivity contribution in [2.75, 3.05) is 0 Å². The molecule has 0 saturated heterocycles. The van der Waals surface area contributed by atoms with Gasteiger partial charge < -0.3 is 0 Å². The van der Waals surface area contributed by atoms with Crippen LogP contribution >= 0.6 is 12.0 Å². The van der Waals surface area contributed by atoms with Crippen LogP contribution in [0.4, 0.5) is 0 Å². The Morgan fingerprint density at radius 1 is 0.906 bits per heavy atom. The smallest absolute Gasteiger partial charge is 0.184 e. The summed E-state index contributed by atoms with van der Waals surface area (Å²) in [4.78, 5) is 13.2. The third kappa shape index (κ3) is 6.81. The summed E-state index contributed by atoms with van der Waals surface area (Å²) in [5.41, 5.74) is 5.53. The zero-order valence-corrected chi connectivity index (χ0v) is 19.9. The summed E-state index contributed by atoms with van der Waals surface area (Å²) in [6.45, 7) is 8.53. The fourth-order valence-corrected chi connectivity index (χ4v) is 3.98. The molecule has 0 spiro atoms.